The molecular weight excluding hydrogens is 144 g/mol. The second-order valence-electron chi connectivity index (χ2n) is 4.41. The van der Waals surface area contributed by atoms with Crippen LogP contribution in [0.5, 0.6) is 0 Å². The molecule has 0 amide bonds. The Morgan fingerprint density at radius 3 is 2.50 bits per heavy atom. The molecule has 3 atom stereocenters. The van der Waals surface area contributed by atoms with E-state index in [-0.39, 0.29) is 0 Å². The van der Waals surface area contributed by atoms with Crippen LogP contribution >= 0.6 is 0 Å². The van der Waals surface area contributed by atoms with Gasteiger partial charge in [0.25, 0.3) is 0 Å². The molecule has 2 fully saturated rings. The SMILES string of the molecule is C#CC1CCCC2CCCCC12. The Labute approximate surface area is 75.7 Å². The maximum atomic E-state index is 5.56. The zero-order valence-electron chi connectivity index (χ0n) is 7.76. The topological polar surface area (TPSA) is 0 Å². The molecule has 0 aromatic carbocycles. The van der Waals surface area contributed by atoms with E-state index < -0.39 is 0 Å². The van der Waals surface area contributed by atoms with E-state index in [1.165, 1.54) is 44.9 Å². The molecule has 0 radical (unpaired) electrons. The first kappa shape index (κ1) is 8.17. The van der Waals surface area contributed by atoms with Gasteiger partial charge < -0.3 is 0 Å². The van der Waals surface area contributed by atoms with Crippen LogP contribution in [0.2, 0.25) is 0 Å². The highest BCUT2D eigenvalue weighted by atomic mass is 14.4. The van der Waals surface area contributed by atoms with E-state index in [4.69, 9.17) is 6.42 Å². The Morgan fingerprint density at radius 2 is 1.67 bits per heavy atom. The van der Waals surface area contributed by atoms with Crippen LogP contribution in [0.3, 0.4) is 0 Å². The van der Waals surface area contributed by atoms with Crippen LogP contribution in [0.15, 0.2) is 0 Å². The lowest BCUT2D eigenvalue weighted by Gasteiger charge is -2.39. The number of terminal acetylenes is 1. The van der Waals surface area contributed by atoms with Gasteiger partial charge in [0.05, 0.1) is 0 Å². The summed E-state index contributed by atoms with van der Waals surface area (Å²) < 4.78 is 0. The van der Waals surface area contributed by atoms with E-state index in [1.807, 2.05) is 0 Å². The Morgan fingerprint density at radius 1 is 0.917 bits per heavy atom. The summed E-state index contributed by atoms with van der Waals surface area (Å²) >= 11 is 0. The average Bonchev–Trinajstić information content (AvgIpc) is 2.17. The van der Waals surface area contributed by atoms with E-state index in [0.717, 1.165) is 11.8 Å². The number of hydrogen-bond donors (Lipinski definition) is 0. The van der Waals surface area contributed by atoms with Crippen molar-refractivity contribution in [2.75, 3.05) is 0 Å². The van der Waals surface area contributed by atoms with Crippen LogP contribution < -0.4 is 0 Å². The first-order chi connectivity index (χ1) is 5.92. The maximum absolute atomic E-state index is 5.56. The van der Waals surface area contributed by atoms with Crippen molar-refractivity contribution >= 4 is 0 Å². The molecule has 2 rings (SSSR count). The monoisotopic (exact) mass is 162 g/mol. The first-order valence-electron chi connectivity index (χ1n) is 5.38. The molecule has 0 aliphatic heterocycles. The van der Waals surface area contributed by atoms with Gasteiger partial charge in [-0.3, -0.25) is 0 Å². The summed E-state index contributed by atoms with van der Waals surface area (Å²) in [6.45, 7) is 0. The van der Waals surface area contributed by atoms with Crippen molar-refractivity contribution in [3.05, 3.63) is 0 Å². The molecule has 0 saturated heterocycles. The molecule has 0 spiro atoms. The Kier molecular flexibility index (Phi) is 2.40. The predicted molar refractivity (Wildman–Crippen MR) is 51.6 cm³/mol. The molecule has 0 aromatic heterocycles. The molecule has 0 aromatic rings. The Bertz CT molecular complexity index is 185. The van der Waals surface area contributed by atoms with E-state index in [0.29, 0.717) is 5.92 Å². The lowest BCUT2D eigenvalue weighted by molar-refractivity contribution is 0.135. The predicted octanol–water partition coefficient (Wildman–Crippen LogP) is 3.23. The third-order valence-corrected chi connectivity index (χ3v) is 3.79. The molecule has 0 heteroatoms. The number of hydrogen-bond acceptors (Lipinski definition) is 0. The van der Waals surface area contributed by atoms with Crippen LogP contribution in [0.4, 0.5) is 0 Å². The van der Waals surface area contributed by atoms with E-state index in [2.05, 4.69) is 5.92 Å². The van der Waals surface area contributed by atoms with Gasteiger partial charge in [0.1, 0.15) is 0 Å². The van der Waals surface area contributed by atoms with Crippen molar-refractivity contribution in [2.45, 2.75) is 44.9 Å². The Hall–Kier alpha value is -0.440. The standard InChI is InChI=1S/C12H18/c1-2-10-7-5-8-11-6-3-4-9-12(10)11/h1,10-12H,3-9H2. The van der Waals surface area contributed by atoms with Crippen molar-refractivity contribution in [2.24, 2.45) is 17.8 Å². The lowest BCUT2D eigenvalue weighted by Crippen LogP contribution is -2.30. The minimum Gasteiger partial charge on any atom is -0.120 e. The molecule has 2 aliphatic rings. The fourth-order valence-corrected chi connectivity index (χ4v) is 3.15. The molecule has 0 nitrogen and oxygen atoms in total. The number of fused-ring (bicyclic) bond motifs is 1. The molecule has 0 heterocycles. The third-order valence-electron chi connectivity index (χ3n) is 3.79. The van der Waals surface area contributed by atoms with E-state index in [9.17, 15) is 0 Å². The van der Waals surface area contributed by atoms with Gasteiger partial charge >= 0.3 is 0 Å². The average molecular weight is 162 g/mol. The summed E-state index contributed by atoms with van der Waals surface area (Å²) in [6.07, 6.45) is 15.5. The van der Waals surface area contributed by atoms with Crippen molar-refractivity contribution in [3.63, 3.8) is 0 Å². The summed E-state index contributed by atoms with van der Waals surface area (Å²) in [5.41, 5.74) is 0. The summed E-state index contributed by atoms with van der Waals surface area (Å²) in [5.74, 6) is 5.53. The third kappa shape index (κ3) is 1.38. The zero-order chi connectivity index (χ0) is 8.39. The molecule has 0 N–H and O–H groups in total. The minimum absolute atomic E-state index is 0.629. The van der Waals surface area contributed by atoms with Crippen molar-refractivity contribution < 1.29 is 0 Å². The highest BCUT2D eigenvalue weighted by Crippen LogP contribution is 2.43. The van der Waals surface area contributed by atoms with Crippen LogP contribution in [0.1, 0.15) is 44.9 Å². The fourth-order valence-electron chi connectivity index (χ4n) is 3.15. The quantitative estimate of drug-likeness (QED) is 0.480. The number of rotatable bonds is 0. The van der Waals surface area contributed by atoms with Crippen LogP contribution in [-0.4, -0.2) is 0 Å². The largest absolute Gasteiger partial charge is 0.120 e. The molecule has 2 aliphatic carbocycles. The van der Waals surface area contributed by atoms with Crippen LogP contribution in [0, 0.1) is 30.1 Å². The zero-order valence-corrected chi connectivity index (χ0v) is 7.76. The molecule has 3 unspecified atom stereocenters. The summed E-state index contributed by atoms with van der Waals surface area (Å²) in [6, 6.07) is 0. The van der Waals surface area contributed by atoms with Crippen molar-refractivity contribution in [1.29, 1.82) is 0 Å². The van der Waals surface area contributed by atoms with Gasteiger partial charge in [-0.15, -0.1) is 12.3 Å². The van der Waals surface area contributed by atoms with Gasteiger partial charge in [-0.2, -0.15) is 0 Å². The smallest absolute Gasteiger partial charge is 0.0231 e. The fraction of sp³-hybridized carbons (Fsp3) is 0.833. The molecule has 2 saturated carbocycles. The van der Waals surface area contributed by atoms with Crippen molar-refractivity contribution in [3.8, 4) is 12.3 Å². The maximum Gasteiger partial charge on any atom is 0.0231 e. The highest BCUT2D eigenvalue weighted by Gasteiger charge is 2.33. The van der Waals surface area contributed by atoms with E-state index >= 15 is 0 Å². The minimum atomic E-state index is 0.629. The van der Waals surface area contributed by atoms with Gasteiger partial charge in [-0.25, -0.2) is 0 Å². The second kappa shape index (κ2) is 3.52. The Balaban J connectivity index is 2.05. The second-order valence-corrected chi connectivity index (χ2v) is 4.41. The lowest BCUT2D eigenvalue weighted by atomic mass is 9.66. The van der Waals surface area contributed by atoms with Crippen molar-refractivity contribution in [1.82, 2.24) is 0 Å². The van der Waals surface area contributed by atoms with Crippen LogP contribution in [0.25, 0.3) is 0 Å². The summed E-state index contributed by atoms with van der Waals surface area (Å²) in [5, 5.41) is 0. The molecule has 12 heavy (non-hydrogen) atoms. The van der Waals surface area contributed by atoms with Crippen LogP contribution in [-0.2, 0) is 0 Å². The summed E-state index contributed by atoms with van der Waals surface area (Å²) in [7, 11) is 0. The first-order valence-corrected chi connectivity index (χ1v) is 5.38. The van der Waals surface area contributed by atoms with Gasteiger partial charge in [0.2, 0.25) is 0 Å². The highest BCUT2D eigenvalue weighted by molar-refractivity contribution is 5.00. The molecular formula is C12H18. The summed E-state index contributed by atoms with van der Waals surface area (Å²) in [4.78, 5) is 0. The van der Waals surface area contributed by atoms with Gasteiger partial charge in [-0.05, 0) is 24.7 Å². The van der Waals surface area contributed by atoms with Gasteiger partial charge in [0.15, 0.2) is 0 Å². The molecule has 66 valence electrons. The van der Waals surface area contributed by atoms with E-state index in [1.54, 1.807) is 0 Å². The van der Waals surface area contributed by atoms with Gasteiger partial charge in [-0.1, -0.05) is 32.1 Å². The molecule has 0 bridgehead atoms. The normalized spacial score (nSPS) is 41.4. The van der Waals surface area contributed by atoms with Gasteiger partial charge in [0, 0.05) is 5.92 Å².